The Labute approximate surface area is 104 Å². The fraction of sp³-hybridized carbons (Fsp3) is 0.0769. The van der Waals surface area contributed by atoms with E-state index in [-0.39, 0.29) is 17.9 Å². The van der Waals surface area contributed by atoms with Gasteiger partial charge in [-0.2, -0.15) is 0 Å². The molecule has 0 bridgehead atoms. The Balaban J connectivity index is 2.24. The molecule has 1 aromatic heterocycles. The van der Waals surface area contributed by atoms with Crippen LogP contribution >= 0.6 is 0 Å². The molecule has 3 N–H and O–H groups in total. The summed E-state index contributed by atoms with van der Waals surface area (Å²) in [5, 5.41) is 21.3. The van der Waals surface area contributed by atoms with Crippen LogP contribution in [0.25, 0.3) is 0 Å². The lowest BCUT2D eigenvalue weighted by atomic mass is 10.1. The third kappa shape index (κ3) is 2.46. The number of pyridine rings is 1. The van der Waals surface area contributed by atoms with Gasteiger partial charge in [0.2, 0.25) is 0 Å². The molecule has 0 fully saturated rings. The highest BCUT2D eigenvalue weighted by molar-refractivity contribution is 6.06. The molecule has 92 valence electrons. The van der Waals surface area contributed by atoms with Gasteiger partial charge >= 0.3 is 0 Å². The highest BCUT2D eigenvalue weighted by Crippen LogP contribution is 2.19. The van der Waals surface area contributed by atoms with Crippen LogP contribution in [0.5, 0.6) is 5.75 Å². The number of anilines is 1. The number of aliphatic hydroxyl groups is 1. The van der Waals surface area contributed by atoms with Crippen molar-refractivity contribution in [1.82, 2.24) is 4.98 Å². The standard InChI is InChI=1S/C13H12N2O3/c16-8-9-5-6-14-7-11(9)15-13(18)10-3-1-2-4-12(10)17/h1-7,16-17H,8H2,(H,15,18). The van der Waals surface area contributed by atoms with Gasteiger partial charge < -0.3 is 15.5 Å². The van der Waals surface area contributed by atoms with E-state index in [4.69, 9.17) is 5.11 Å². The van der Waals surface area contributed by atoms with E-state index in [9.17, 15) is 9.90 Å². The van der Waals surface area contributed by atoms with E-state index in [1.807, 2.05) is 0 Å². The zero-order valence-corrected chi connectivity index (χ0v) is 9.50. The van der Waals surface area contributed by atoms with Gasteiger partial charge in [-0.15, -0.1) is 0 Å². The second kappa shape index (κ2) is 5.29. The second-order valence-electron chi connectivity index (χ2n) is 3.66. The number of rotatable bonds is 3. The van der Waals surface area contributed by atoms with Crippen molar-refractivity contribution in [3.8, 4) is 5.75 Å². The summed E-state index contributed by atoms with van der Waals surface area (Å²) in [6.45, 7) is -0.196. The topological polar surface area (TPSA) is 82.5 Å². The number of aliphatic hydroxyl groups excluding tert-OH is 1. The largest absolute Gasteiger partial charge is 0.507 e. The number of amides is 1. The molecule has 0 atom stereocenters. The van der Waals surface area contributed by atoms with Crippen LogP contribution in [0, 0.1) is 0 Å². The molecular weight excluding hydrogens is 232 g/mol. The Morgan fingerprint density at radius 1 is 1.28 bits per heavy atom. The van der Waals surface area contributed by atoms with Crippen LogP contribution in [-0.2, 0) is 6.61 Å². The molecule has 0 spiro atoms. The minimum absolute atomic E-state index is 0.0931. The monoisotopic (exact) mass is 244 g/mol. The van der Waals surface area contributed by atoms with Crippen LogP contribution in [-0.4, -0.2) is 21.1 Å². The fourth-order valence-electron chi connectivity index (χ4n) is 1.53. The molecule has 0 aliphatic rings. The number of hydrogen-bond acceptors (Lipinski definition) is 4. The van der Waals surface area contributed by atoms with Gasteiger partial charge in [0, 0.05) is 11.8 Å². The molecule has 1 heterocycles. The van der Waals surface area contributed by atoms with Crippen molar-refractivity contribution in [3.05, 3.63) is 53.9 Å². The highest BCUT2D eigenvalue weighted by atomic mass is 16.3. The van der Waals surface area contributed by atoms with Crippen LogP contribution in [0.4, 0.5) is 5.69 Å². The summed E-state index contributed by atoms with van der Waals surface area (Å²) in [7, 11) is 0. The van der Waals surface area contributed by atoms with E-state index in [1.54, 1.807) is 18.2 Å². The smallest absolute Gasteiger partial charge is 0.259 e. The van der Waals surface area contributed by atoms with Crippen molar-refractivity contribution in [1.29, 1.82) is 0 Å². The zero-order valence-electron chi connectivity index (χ0n) is 9.50. The minimum Gasteiger partial charge on any atom is -0.507 e. The maximum absolute atomic E-state index is 11.9. The molecule has 1 amide bonds. The summed E-state index contributed by atoms with van der Waals surface area (Å²) in [5.74, 6) is -0.541. The van der Waals surface area contributed by atoms with Gasteiger partial charge in [0.25, 0.3) is 5.91 Å². The van der Waals surface area contributed by atoms with E-state index >= 15 is 0 Å². The number of benzene rings is 1. The molecule has 0 unspecified atom stereocenters. The summed E-state index contributed by atoms with van der Waals surface area (Å²) in [5.41, 5.74) is 1.16. The predicted molar refractivity (Wildman–Crippen MR) is 66.2 cm³/mol. The number of phenols is 1. The molecule has 0 aliphatic carbocycles. The molecule has 2 rings (SSSR count). The normalized spacial score (nSPS) is 10.1. The lowest BCUT2D eigenvalue weighted by Gasteiger charge is -2.09. The fourth-order valence-corrected chi connectivity index (χ4v) is 1.53. The van der Waals surface area contributed by atoms with Crippen molar-refractivity contribution in [2.45, 2.75) is 6.61 Å². The van der Waals surface area contributed by atoms with Gasteiger partial charge in [-0.25, -0.2) is 0 Å². The molecule has 1 aromatic carbocycles. The number of nitrogens with one attached hydrogen (secondary N) is 1. The number of aromatic hydroxyl groups is 1. The molecule has 5 heteroatoms. The predicted octanol–water partition coefficient (Wildman–Crippen LogP) is 1.53. The van der Waals surface area contributed by atoms with Crippen molar-refractivity contribution in [2.24, 2.45) is 0 Å². The van der Waals surface area contributed by atoms with Gasteiger partial charge in [0.05, 0.1) is 24.1 Å². The maximum atomic E-state index is 11.9. The van der Waals surface area contributed by atoms with Crippen molar-refractivity contribution >= 4 is 11.6 Å². The van der Waals surface area contributed by atoms with E-state index in [1.165, 1.54) is 24.5 Å². The molecule has 18 heavy (non-hydrogen) atoms. The van der Waals surface area contributed by atoms with E-state index < -0.39 is 5.91 Å². The molecule has 2 aromatic rings. The first kappa shape index (κ1) is 12.1. The van der Waals surface area contributed by atoms with Gasteiger partial charge in [-0.3, -0.25) is 9.78 Å². The average molecular weight is 244 g/mol. The van der Waals surface area contributed by atoms with Gasteiger partial charge in [-0.05, 0) is 18.2 Å². The number of carbonyl (C=O) groups is 1. The zero-order chi connectivity index (χ0) is 13.0. The Morgan fingerprint density at radius 3 is 2.78 bits per heavy atom. The van der Waals surface area contributed by atoms with Crippen LogP contribution in [0.3, 0.4) is 0 Å². The summed E-state index contributed by atoms with van der Waals surface area (Å²) in [6.07, 6.45) is 2.98. The summed E-state index contributed by atoms with van der Waals surface area (Å²) < 4.78 is 0. The van der Waals surface area contributed by atoms with Gasteiger partial charge in [0.1, 0.15) is 5.75 Å². The van der Waals surface area contributed by atoms with E-state index in [0.29, 0.717) is 11.3 Å². The van der Waals surface area contributed by atoms with Crippen LogP contribution in [0.2, 0.25) is 0 Å². The Hall–Kier alpha value is -2.40. The van der Waals surface area contributed by atoms with Crippen LogP contribution < -0.4 is 5.32 Å². The number of hydrogen-bond donors (Lipinski definition) is 3. The third-order valence-electron chi connectivity index (χ3n) is 2.48. The van der Waals surface area contributed by atoms with Crippen LogP contribution in [0.1, 0.15) is 15.9 Å². The summed E-state index contributed by atoms with van der Waals surface area (Å²) in [4.78, 5) is 15.8. The molecule has 5 nitrogen and oxygen atoms in total. The van der Waals surface area contributed by atoms with Crippen LogP contribution in [0.15, 0.2) is 42.7 Å². The molecule has 0 saturated heterocycles. The first-order chi connectivity index (χ1) is 8.72. The second-order valence-corrected chi connectivity index (χ2v) is 3.66. The van der Waals surface area contributed by atoms with E-state index in [0.717, 1.165) is 0 Å². The first-order valence-electron chi connectivity index (χ1n) is 5.35. The van der Waals surface area contributed by atoms with Gasteiger partial charge in [-0.1, -0.05) is 12.1 Å². The molecular formula is C13H12N2O3. The number of aromatic nitrogens is 1. The lowest BCUT2D eigenvalue weighted by Crippen LogP contribution is -2.13. The average Bonchev–Trinajstić information content (AvgIpc) is 2.39. The Kier molecular flexibility index (Phi) is 3.54. The van der Waals surface area contributed by atoms with Crippen molar-refractivity contribution < 1.29 is 15.0 Å². The molecule has 0 saturated carbocycles. The minimum atomic E-state index is -0.448. The quantitative estimate of drug-likeness (QED) is 0.764. The summed E-state index contributed by atoms with van der Waals surface area (Å²) >= 11 is 0. The molecule has 0 aliphatic heterocycles. The van der Waals surface area contributed by atoms with E-state index in [2.05, 4.69) is 10.3 Å². The van der Waals surface area contributed by atoms with Crippen molar-refractivity contribution in [3.63, 3.8) is 0 Å². The van der Waals surface area contributed by atoms with Gasteiger partial charge in [0.15, 0.2) is 0 Å². The van der Waals surface area contributed by atoms with Crippen molar-refractivity contribution in [2.75, 3.05) is 5.32 Å². The first-order valence-corrected chi connectivity index (χ1v) is 5.35. The highest BCUT2D eigenvalue weighted by Gasteiger charge is 2.12. The number of phenolic OH excluding ortho intramolecular Hbond substituents is 1. The maximum Gasteiger partial charge on any atom is 0.259 e. The number of para-hydroxylation sites is 1. The summed E-state index contributed by atoms with van der Waals surface area (Å²) in [6, 6.07) is 7.85. The molecule has 0 radical (unpaired) electrons. The SMILES string of the molecule is O=C(Nc1cnccc1CO)c1ccccc1O. The third-order valence-corrected chi connectivity index (χ3v) is 2.48. The number of nitrogens with zero attached hydrogens (tertiary/aromatic N) is 1. The lowest BCUT2D eigenvalue weighted by molar-refractivity contribution is 0.102. The Bertz CT molecular complexity index is 570. The number of carbonyl (C=O) groups excluding carboxylic acids is 1. The Morgan fingerprint density at radius 2 is 2.06 bits per heavy atom.